The van der Waals surface area contributed by atoms with Crippen LogP contribution in [0.1, 0.15) is 12.5 Å². The molecule has 3 aromatic rings. The van der Waals surface area contributed by atoms with Gasteiger partial charge in [0.05, 0.1) is 5.02 Å². The number of hydrogen-bond acceptors (Lipinski definition) is 7. The minimum absolute atomic E-state index is 0.121. The Morgan fingerprint density at radius 3 is 2.50 bits per heavy atom. The van der Waals surface area contributed by atoms with E-state index in [-0.39, 0.29) is 10.9 Å². The van der Waals surface area contributed by atoms with Gasteiger partial charge in [0, 0.05) is 50.2 Å². The summed E-state index contributed by atoms with van der Waals surface area (Å²) in [5.74, 6) is 0.436. The smallest absolute Gasteiger partial charge is 0.232 e. The van der Waals surface area contributed by atoms with E-state index in [0.29, 0.717) is 38.1 Å². The van der Waals surface area contributed by atoms with Crippen LogP contribution in [0.25, 0.3) is 0 Å². The average molecular weight is 456 g/mol. The Hall–Kier alpha value is -3.46. The zero-order valence-electron chi connectivity index (χ0n) is 17.8. The van der Waals surface area contributed by atoms with Crippen LogP contribution in [0.2, 0.25) is 5.02 Å². The predicted molar refractivity (Wildman–Crippen MR) is 124 cm³/mol. The van der Waals surface area contributed by atoms with E-state index < -0.39 is 5.82 Å². The number of nitrogens with one attached hydrogen (secondary N) is 2. The molecule has 1 aliphatic rings. The lowest BCUT2D eigenvalue weighted by atomic mass is 10.1. The first-order valence-electron chi connectivity index (χ1n) is 10.2. The molecular formula is C22H23ClFN7O. The number of hydrogen-bond donors (Lipinski definition) is 2. The van der Waals surface area contributed by atoms with Crippen molar-refractivity contribution in [1.29, 1.82) is 0 Å². The number of amides is 1. The third-order valence-electron chi connectivity index (χ3n) is 5.28. The fraction of sp³-hybridized carbons (Fsp3) is 0.273. The van der Waals surface area contributed by atoms with Gasteiger partial charge >= 0.3 is 0 Å². The standard InChI is InChI=1S/C22H23ClFN7O/c1-14-19(27-15(2)32)4-3-5-20(14)28-21-25-13-26-22(29-21)31-10-8-30(9-11-31)16-6-7-17(23)18(24)12-16/h3-7,12-13H,8-11H2,1-2H3,(H,27,32)(H,25,26,28,29). The van der Waals surface area contributed by atoms with Gasteiger partial charge in [0.25, 0.3) is 0 Å². The second-order valence-electron chi connectivity index (χ2n) is 7.47. The van der Waals surface area contributed by atoms with Gasteiger partial charge in [-0.3, -0.25) is 4.79 Å². The van der Waals surface area contributed by atoms with Gasteiger partial charge in [-0.2, -0.15) is 4.98 Å². The summed E-state index contributed by atoms with van der Waals surface area (Å²) in [6.45, 7) is 6.16. The Bertz CT molecular complexity index is 1140. The second kappa shape index (κ2) is 9.35. The predicted octanol–water partition coefficient (Wildman–Crippen LogP) is 4.00. The van der Waals surface area contributed by atoms with Gasteiger partial charge in [-0.05, 0) is 42.8 Å². The Morgan fingerprint density at radius 1 is 1.06 bits per heavy atom. The minimum atomic E-state index is -0.419. The van der Waals surface area contributed by atoms with Crippen molar-refractivity contribution in [1.82, 2.24) is 15.0 Å². The summed E-state index contributed by atoms with van der Waals surface area (Å²) in [6.07, 6.45) is 1.47. The van der Waals surface area contributed by atoms with E-state index in [1.807, 2.05) is 31.2 Å². The maximum absolute atomic E-state index is 13.8. The van der Waals surface area contributed by atoms with Gasteiger partial charge in [0.15, 0.2) is 0 Å². The normalized spacial score (nSPS) is 13.8. The highest BCUT2D eigenvalue weighted by atomic mass is 35.5. The fourth-order valence-corrected chi connectivity index (χ4v) is 3.68. The van der Waals surface area contributed by atoms with Crippen LogP contribution in [-0.2, 0) is 4.79 Å². The van der Waals surface area contributed by atoms with Crippen molar-refractivity contribution in [3.05, 3.63) is 59.1 Å². The monoisotopic (exact) mass is 455 g/mol. The molecule has 0 aliphatic carbocycles. The van der Waals surface area contributed by atoms with Crippen LogP contribution in [0.4, 0.5) is 33.3 Å². The molecule has 0 atom stereocenters. The Labute approximate surface area is 190 Å². The Morgan fingerprint density at radius 2 is 1.78 bits per heavy atom. The van der Waals surface area contributed by atoms with Crippen molar-refractivity contribution in [2.75, 3.05) is 46.6 Å². The molecule has 1 fully saturated rings. The van der Waals surface area contributed by atoms with Crippen LogP contribution < -0.4 is 20.4 Å². The van der Waals surface area contributed by atoms with Crippen molar-refractivity contribution in [3.63, 3.8) is 0 Å². The van der Waals surface area contributed by atoms with Crippen molar-refractivity contribution < 1.29 is 9.18 Å². The summed E-state index contributed by atoms with van der Waals surface area (Å²) in [7, 11) is 0. The van der Waals surface area contributed by atoms with Crippen LogP contribution in [0, 0.1) is 12.7 Å². The molecule has 0 unspecified atom stereocenters. The minimum Gasteiger partial charge on any atom is -0.368 e. The number of carbonyl (C=O) groups excluding carboxylic acids is 1. The molecule has 1 aromatic heterocycles. The fourth-order valence-electron chi connectivity index (χ4n) is 3.56. The molecule has 0 radical (unpaired) electrons. The van der Waals surface area contributed by atoms with Gasteiger partial charge in [-0.15, -0.1) is 0 Å². The molecule has 0 saturated carbocycles. The van der Waals surface area contributed by atoms with E-state index in [1.165, 1.54) is 19.3 Å². The molecule has 166 valence electrons. The van der Waals surface area contributed by atoms with E-state index >= 15 is 0 Å². The molecule has 8 nitrogen and oxygen atoms in total. The maximum Gasteiger partial charge on any atom is 0.232 e. The number of aromatic nitrogens is 3. The number of carbonyl (C=O) groups is 1. The largest absolute Gasteiger partial charge is 0.368 e. The number of rotatable bonds is 5. The highest BCUT2D eigenvalue weighted by molar-refractivity contribution is 6.30. The van der Waals surface area contributed by atoms with Gasteiger partial charge < -0.3 is 20.4 Å². The first kappa shape index (κ1) is 21.8. The third kappa shape index (κ3) is 4.88. The molecule has 10 heteroatoms. The highest BCUT2D eigenvalue weighted by Crippen LogP contribution is 2.26. The second-order valence-corrected chi connectivity index (χ2v) is 7.87. The van der Waals surface area contributed by atoms with Gasteiger partial charge in [0.1, 0.15) is 12.1 Å². The van der Waals surface area contributed by atoms with Crippen molar-refractivity contribution in [2.45, 2.75) is 13.8 Å². The van der Waals surface area contributed by atoms with Gasteiger partial charge in [-0.25, -0.2) is 14.4 Å². The van der Waals surface area contributed by atoms with Gasteiger partial charge in [-0.1, -0.05) is 17.7 Å². The Balaban J connectivity index is 1.44. The Kier molecular flexibility index (Phi) is 6.36. The van der Waals surface area contributed by atoms with Gasteiger partial charge in [0.2, 0.25) is 17.8 Å². The third-order valence-corrected chi connectivity index (χ3v) is 5.59. The molecule has 2 heterocycles. The number of nitrogens with zero attached hydrogens (tertiary/aromatic N) is 5. The quantitative estimate of drug-likeness (QED) is 0.601. The zero-order chi connectivity index (χ0) is 22.7. The van der Waals surface area contributed by atoms with Crippen molar-refractivity contribution in [2.24, 2.45) is 0 Å². The van der Waals surface area contributed by atoms with E-state index in [2.05, 4.69) is 35.4 Å². The number of halogens is 2. The van der Waals surface area contributed by atoms with Crippen LogP contribution in [0.15, 0.2) is 42.7 Å². The van der Waals surface area contributed by atoms with E-state index in [4.69, 9.17) is 11.6 Å². The topological polar surface area (TPSA) is 86.3 Å². The van der Waals surface area contributed by atoms with Crippen molar-refractivity contribution >= 4 is 46.5 Å². The van der Waals surface area contributed by atoms with Crippen molar-refractivity contribution in [3.8, 4) is 0 Å². The average Bonchev–Trinajstić information content (AvgIpc) is 2.78. The van der Waals surface area contributed by atoms with E-state index in [1.54, 1.807) is 6.07 Å². The summed E-state index contributed by atoms with van der Waals surface area (Å²) >= 11 is 5.79. The summed E-state index contributed by atoms with van der Waals surface area (Å²) in [6, 6.07) is 10.4. The molecule has 0 bridgehead atoms. The molecule has 1 saturated heterocycles. The maximum atomic E-state index is 13.8. The molecule has 4 rings (SSSR count). The molecule has 1 amide bonds. The first-order valence-corrected chi connectivity index (χ1v) is 10.6. The molecule has 0 spiro atoms. The number of anilines is 5. The first-order chi connectivity index (χ1) is 15.4. The molecule has 2 N–H and O–H groups in total. The zero-order valence-corrected chi connectivity index (χ0v) is 18.5. The summed E-state index contributed by atoms with van der Waals surface area (Å²) < 4.78 is 13.8. The molecule has 32 heavy (non-hydrogen) atoms. The van der Waals surface area contributed by atoms with Crippen LogP contribution in [0.3, 0.4) is 0 Å². The van der Waals surface area contributed by atoms with Crippen LogP contribution in [-0.4, -0.2) is 47.0 Å². The SMILES string of the molecule is CC(=O)Nc1cccc(Nc2ncnc(N3CCN(c4ccc(Cl)c(F)c4)CC3)n2)c1C. The lowest BCUT2D eigenvalue weighted by molar-refractivity contribution is -0.114. The van der Waals surface area contributed by atoms with E-state index in [0.717, 1.165) is 22.6 Å². The lowest BCUT2D eigenvalue weighted by Crippen LogP contribution is -2.47. The summed E-state index contributed by atoms with van der Waals surface area (Å²) in [5, 5.41) is 6.14. The highest BCUT2D eigenvalue weighted by Gasteiger charge is 2.20. The summed E-state index contributed by atoms with van der Waals surface area (Å²) in [5.41, 5.74) is 3.21. The van der Waals surface area contributed by atoms with Crippen LogP contribution >= 0.6 is 11.6 Å². The molecule has 2 aromatic carbocycles. The summed E-state index contributed by atoms with van der Waals surface area (Å²) in [4.78, 5) is 28.7. The van der Waals surface area contributed by atoms with Crippen LogP contribution in [0.5, 0.6) is 0 Å². The lowest BCUT2D eigenvalue weighted by Gasteiger charge is -2.36. The molecular weight excluding hydrogens is 433 g/mol. The number of piperazine rings is 1. The van der Waals surface area contributed by atoms with E-state index in [9.17, 15) is 9.18 Å². The number of benzene rings is 2. The molecule has 1 aliphatic heterocycles.